The highest BCUT2D eigenvalue weighted by atomic mass is 127. The van der Waals surface area contributed by atoms with E-state index in [9.17, 15) is 9.59 Å². The second kappa shape index (κ2) is 14.0. The fourth-order valence-corrected chi connectivity index (χ4v) is 2.96. The van der Waals surface area contributed by atoms with Crippen LogP contribution in [0.15, 0.2) is 29.3 Å². The minimum atomic E-state index is -0.499. The van der Waals surface area contributed by atoms with Crippen LogP contribution in [-0.4, -0.2) is 62.9 Å². The molecule has 1 aliphatic rings. The lowest BCUT2D eigenvalue weighted by atomic mass is 10.2. The lowest BCUT2D eigenvalue weighted by molar-refractivity contribution is -0.121. The van der Waals surface area contributed by atoms with E-state index in [2.05, 4.69) is 20.9 Å². The first-order valence-corrected chi connectivity index (χ1v) is 10.8. The largest absolute Gasteiger partial charge is 0.482 e. The molecule has 0 unspecified atom stereocenters. The number of nitrogens with one attached hydrogen (secondary N) is 3. The fraction of sp³-hybridized carbons (Fsp3) is 0.591. The zero-order valence-corrected chi connectivity index (χ0v) is 21.7. The van der Waals surface area contributed by atoms with Crippen molar-refractivity contribution in [2.24, 2.45) is 4.99 Å². The molecule has 0 saturated carbocycles. The number of alkyl carbamates (subject to hydrolysis) is 1. The Morgan fingerprint density at radius 3 is 2.59 bits per heavy atom. The van der Waals surface area contributed by atoms with Gasteiger partial charge in [0.2, 0.25) is 0 Å². The van der Waals surface area contributed by atoms with Crippen molar-refractivity contribution < 1.29 is 19.1 Å². The number of hydrogen-bond donors (Lipinski definition) is 3. The maximum atomic E-state index is 12.2. The average molecular weight is 561 g/mol. The van der Waals surface area contributed by atoms with Gasteiger partial charge < -0.3 is 30.3 Å². The first-order chi connectivity index (χ1) is 14.8. The van der Waals surface area contributed by atoms with Crippen molar-refractivity contribution in [3.05, 3.63) is 24.3 Å². The van der Waals surface area contributed by atoms with Gasteiger partial charge in [0.25, 0.3) is 5.91 Å². The van der Waals surface area contributed by atoms with Crippen LogP contribution < -0.4 is 25.6 Å². The number of carbonyl (C=O) groups is 2. The number of benzene rings is 1. The lowest BCUT2D eigenvalue weighted by Gasteiger charge is -2.29. The SMILES string of the molecule is CCNC(=NCCCN1C(=O)COc2ccccc21)NCCCNC(=O)OC(C)(C)C.I. The molecule has 0 aliphatic carbocycles. The molecule has 1 aromatic carbocycles. The van der Waals surface area contributed by atoms with Crippen LogP contribution in [0.25, 0.3) is 0 Å². The Morgan fingerprint density at radius 2 is 1.88 bits per heavy atom. The van der Waals surface area contributed by atoms with E-state index in [4.69, 9.17) is 9.47 Å². The van der Waals surface area contributed by atoms with Crippen LogP contribution in [0.1, 0.15) is 40.5 Å². The summed E-state index contributed by atoms with van der Waals surface area (Å²) in [6, 6.07) is 7.57. The number of halogens is 1. The molecule has 0 atom stereocenters. The van der Waals surface area contributed by atoms with E-state index in [0.717, 1.165) is 30.8 Å². The predicted octanol–water partition coefficient (Wildman–Crippen LogP) is 2.89. The Bertz CT molecular complexity index is 767. The van der Waals surface area contributed by atoms with Crippen molar-refractivity contribution in [3.63, 3.8) is 0 Å². The lowest BCUT2D eigenvalue weighted by Crippen LogP contribution is -2.40. The topological polar surface area (TPSA) is 104 Å². The summed E-state index contributed by atoms with van der Waals surface area (Å²) in [5.74, 6) is 1.42. The van der Waals surface area contributed by atoms with E-state index >= 15 is 0 Å². The summed E-state index contributed by atoms with van der Waals surface area (Å²) < 4.78 is 10.7. The molecule has 1 aromatic rings. The highest BCUT2D eigenvalue weighted by Crippen LogP contribution is 2.31. The number of anilines is 1. The highest BCUT2D eigenvalue weighted by Gasteiger charge is 2.24. The summed E-state index contributed by atoms with van der Waals surface area (Å²) in [6.45, 7) is 10.7. The van der Waals surface area contributed by atoms with Crippen molar-refractivity contribution in [3.8, 4) is 5.75 Å². The van der Waals surface area contributed by atoms with Crippen molar-refractivity contribution in [2.75, 3.05) is 44.2 Å². The number of aliphatic imine (C=N–C) groups is 1. The first kappa shape index (κ1) is 27.8. The Morgan fingerprint density at radius 1 is 1.16 bits per heavy atom. The molecule has 0 bridgehead atoms. The number of carbonyl (C=O) groups excluding carboxylic acids is 2. The summed E-state index contributed by atoms with van der Waals surface area (Å²) in [5.41, 5.74) is 0.312. The second-order valence-electron chi connectivity index (χ2n) is 8.12. The van der Waals surface area contributed by atoms with Gasteiger partial charge in [-0.3, -0.25) is 9.79 Å². The zero-order valence-electron chi connectivity index (χ0n) is 19.4. The molecule has 0 spiro atoms. The van der Waals surface area contributed by atoms with Crippen LogP contribution in [0.2, 0.25) is 0 Å². The van der Waals surface area contributed by atoms with Gasteiger partial charge >= 0.3 is 6.09 Å². The number of ether oxygens (including phenoxy) is 2. The Kier molecular flexibility index (Phi) is 12.2. The van der Waals surface area contributed by atoms with Gasteiger partial charge in [0.05, 0.1) is 5.69 Å². The highest BCUT2D eigenvalue weighted by molar-refractivity contribution is 14.0. The number of hydrogen-bond acceptors (Lipinski definition) is 5. The number of para-hydroxylation sites is 2. The molecule has 0 aromatic heterocycles. The molecule has 32 heavy (non-hydrogen) atoms. The van der Waals surface area contributed by atoms with Crippen LogP contribution >= 0.6 is 24.0 Å². The maximum Gasteiger partial charge on any atom is 0.407 e. The fourth-order valence-electron chi connectivity index (χ4n) is 2.96. The quantitative estimate of drug-likeness (QED) is 0.186. The second-order valence-corrected chi connectivity index (χ2v) is 8.12. The van der Waals surface area contributed by atoms with Gasteiger partial charge in [-0.2, -0.15) is 0 Å². The molecular weight excluding hydrogens is 525 g/mol. The van der Waals surface area contributed by atoms with Crippen molar-refractivity contribution in [1.82, 2.24) is 16.0 Å². The van der Waals surface area contributed by atoms with Crippen LogP contribution in [0.5, 0.6) is 5.75 Å². The minimum absolute atomic E-state index is 0. The molecule has 0 fully saturated rings. The molecule has 2 rings (SSSR count). The average Bonchev–Trinajstić information content (AvgIpc) is 2.70. The summed E-state index contributed by atoms with van der Waals surface area (Å²) in [4.78, 5) is 30.2. The maximum absolute atomic E-state index is 12.2. The van der Waals surface area contributed by atoms with Gasteiger partial charge in [-0.25, -0.2) is 4.79 Å². The molecule has 0 radical (unpaired) electrons. The Labute approximate surface area is 207 Å². The number of fused-ring (bicyclic) bond motifs is 1. The summed E-state index contributed by atoms with van der Waals surface area (Å²) in [6.07, 6.45) is 1.06. The molecule has 9 nitrogen and oxygen atoms in total. The van der Waals surface area contributed by atoms with E-state index in [1.54, 1.807) is 4.90 Å². The van der Waals surface area contributed by atoms with Gasteiger partial charge in [0.1, 0.15) is 11.4 Å². The predicted molar refractivity (Wildman–Crippen MR) is 137 cm³/mol. The summed E-state index contributed by atoms with van der Waals surface area (Å²) in [5, 5.41) is 9.19. The van der Waals surface area contributed by atoms with Crippen LogP contribution in [0.3, 0.4) is 0 Å². The minimum Gasteiger partial charge on any atom is -0.482 e. The molecule has 1 heterocycles. The zero-order chi connectivity index (χ0) is 22.7. The normalized spacial score (nSPS) is 13.4. The van der Waals surface area contributed by atoms with E-state index < -0.39 is 11.7 Å². The van der Waals surface area contributed by atoms with Crippen molar-refractivity contribution in [1.29, 1.82) is 0 Å². The van der Waals surface area contributed by atoms with Crippen molar-refractivity contribution in [2.45, 2.75) is 46.1 Å². The van der Waals surface area contributed by atoms with Crippen LogP contribution in [0.4, 0.5) is 10.5 Å². The van der Waals surface area contributed by atoms with Crippen LogP contribution in [-0.2, 0) is 9.53 Å². The smallest absolute Gasteiger partial charge is 0.407 e. The van der Waals surface area contributed by atoms with Gasteiger partial charge in [0, 0.05) is 32.7 Å². The first-order valence-electron chi connectivity index (χ1n) is 10.8. The summed E-state index contributed by atoms with van der Waals surface area (Å²) >= 11 is 0. The molecule has 10 heteroatoms. The van der Waals surface area contributed by atoms with E-state index in [1.807, 2.05) is 52.0 Å². The third kappa shape index (κ3) is 9.92. The number of guanidine groups is 1. The standard InChI is InChI=1S/C22H35N5O4.HI/c1-5-23-20(24-12-8-13-26-21(29)31-22(2,3)4)25-14-9-15-27-17-10-6-7-11-18(17)30-16-19(27)28;/h6-7,10-11H,5,8-9,12-16H2,1-4H3,(H,26,29)(H2,23,24,25);1H. The molecule has 2 amide bonds. The van der Waals surface area contributed by atoms with Gasteiger partial charge in [-0.05, 0) is 52.7 Å². The number of rotatable bonds is 9. The van der Waals surface area contributed by atoms with E-state index in [-0.39, 0.29) is 36.5 Å². The Balaban J connectivity index is 0.00000512. The molecule has 180 valence electrons. The number of nitrogens with zero attached hydrogens (tertiary/aromatic N) is 2. The molecule has 0 saturated heterocycles. The van der Waals surface area contributed by atoms with Gasteiger partial charge in [-0.1, -0.05) is 12.1 Å². The van der Waals surface area contributed by atoms with E-state index in [1.165, 1.54) is 0 Å². The molecular formula is C22H36IN5O4. The summed E-state index contributed by atoms with van der Waals surface area (Å²) in [7, 11) is 0. The molecule has 1 aliphatic heterocycles. The Hall–Kier alpha value is -2.24. The van der Waals surface area contributed by atoms with Gasteiger partial charge in [0.15, 0.2) is 12.6 Å². The van der Waals surface area contributed by atoms with Crippen LogP contribution in [0, 0.1) is 0 Å². The third-order valence-electron chi connectivity index (χ3n) is 4.28. The molecule has 3 N–H and O–H groups in total. The monoisotopic (exact) mass is 561 g/mol. The van der Waals surface area contributed by atoms with Crippen molar-refractivity contribution >= 4 is 47.6 Å². The van der Waals surface area contributed by atoms with E-state index in [0.29, 0.717) is 32.1 Å². The van der Waals surface area contributed by atoms with Gasteiger partial charge in [-0.15, -0.1) is 24.0 Å². The number of amides is 2. The third-order valence-corrected chi connectivity index (χ3v) is 4.28.